The number of piperazine rings is 1. The summed E-state index contributed by atoms with van der Waals surface area (Å²) in [4.78, 5) is 34.8. The van der Waals surface area contributed by atoms with E-state index in [0.29, 0.717) is 26.2 Å². The fraction of sp³-hybridized carbons (Fsp3) is 0.375. The highest BCUT2D eigenvalue weighted by molar-refractivity contribution is 7.99. The van der Waals surface area contributed by atoms with Gasteiger partial charge in [-0.1, -0.05) is 11.8 Å². The zero-order valence-electron chi connectivity index (χ0n) is 14.0. The molecule has 7 nitrogen and oxygen atoms in total. The van der Waals surface area contributed by atoms with Crippen LogP contribution in [0.2, 0.25) is 0 Å². The number of furan rings is 1. The van der Waals surface area contributed by atoms with Crippen molar-refractivity contribution < 1.29 is 27.2 Å². The Kier molecular flexibility index (Phi) is 5.68. The Morgan fingerprint density at radius 2 is 1.85 bits per heavy atom. The number of carbonyl (C=O) groups is 2. The van der Waals surface area contributed by atoms with Gasteiger partial charge < -0.3 is 14.2 Å². The molecule has 0 atom stereocenters. The van der Waals surface area contributed by atoms with E-state index in [4.69, 9.17) is 4.42 Å². The molecule has 3 heterocycles. The average molecular weight is 400 g/mol. The molecule has 0 aromatic carbocycles. The first-order valence-corrected chi connectivity index (χ1v) is 8.97. The molecule has 2 amide bonds. The van der Waals surface area contributed by atoms with Crippen LogP contribution in [0.4, 0.5) is 13.2 Å². The van der Waals surface area contributed by atoms with E-state index in [1.807, 2.05) is 0 Å². The molecule has 2 aromatic rings. The van der Waals surface area contributed by atoms with Crippen LogP contribution in [0.3, 0.4) is 0 Å². The molecule has 0 aliphatic carbocycles. The largest absolute Gasteiger partial charge is 0.459 e. The van der Waals surface area contributed by atoms with Gasteiger partial charge in [-0.2, -0.15) is 13.2 Å². The van der Waals surface area contributed by atoms with Crippen LogP contribution in [-0.4, -0.2) is 63.5 Å². The van der Waals surface area contributed by atoms with Gasteiger partial charge in [-0.3, -0.25) is 9.59 Å². The third-order valence-corrected chi connectivity index (χ3v) is 4.75. The van der Waals surface area contributed by atoms with E-state index in [9.17, 15) is 22.8 Å². The molecule has 0 spiro atoms. The fourth-order valence-electron chi connectivity index (χ4n) is 2.50. The monoisotopic (exact) mass is 400 g/mol. The summed E-state index contributed by atoms with van der Waals surface area (Å²) in [5.74, 6) is -0.315. The van der Waals surface area contributed by atoms with Crippen molar-refractivity contribution >= 4 is 23.6 Å². The highest BCUT2D eigenvalue weighted by Crippen LogP contribution is 2.28. The van der Waals surface area contributed by atoms with Gasteiger partial charge in [0.25, 0.3) is 5.91 Å². The van der Waals surface area contributed by atoms with Gasteiger partial charge in [0.05, 0.1) is 12.0 Å². The Morgan fingerprint density at radius 1 is 1.15 bits per heavy atom. The van der Waals surface area contributed by atoms with Gasteiger partial charge in [0.2, 0.25) is 5.91 Å². The third-order valence-electron chi connectivity index (χ3n) is 3.90. The minimum Gasteiger partial charge on any atom is -0.459 e. The van der Waals surface area contributed by atoms with Gasteiger partial charge in [-0.25, -0.2) is 9.97 Å². The number of hydrogen-bond acceptors (Lipinski definition) is 6. The van der Waals surface area contributed by atoms with Crippen LogP contribution >= 0.6 is 11.8 Å². The SMILES string of the molecule is O=C(CSc1nccc(C(F)(F)F)n1)N1CCN(C(=O)c2ccco2)CC1. The molecule has 27 heavy (non-hydrogen) atoms. The van der Waals surface area contributed by atoms with Gasteiger partial charge in [-0.05, 0) is 18.2 Å². The van der Waals surface area contributed by atoms with Crippen molar-refractivity contribution in [2.24, 2.45) is 0 Å². The van der Waals surface area contributed by atoms with Crippen LogP contribution in [0.15, 0.2) is 40.2 Å². The van der Waals surface area contributed by atoms with E-state index in [-0.39, 0.29) is 28.5 Å². The molecule has 2 aromatic heterocycles. The van der Waals surface area contributed by atoms with Crippen LogP contribution in [0, 0.1) is 0 Å². The van der Waals surface area contributed by atoms with Crippen molar-refractivity contribution in [3.05, 3.63) is 42.1 Å². The van der Waals surface area contributed by atoms with E-state index < -0.39 is 11.9 Å². The maximum absolute atomic E-state index is 12.6. The molecule has 0 saturated carbocycles. The summed E-state index contributed by atoms with van der Waals surface area (Å²) in [6.45, 7) is 1.40. The minimum atomic E-state index is -4.56. The minimum absolute atomic E-state index is 0.0760. The summed E-state index contributed by atoms with van der Waals surface area (Å²) in [5.41, 5.74) is -1.04. The molecular weight excluding hydrogens is 385 g/mol. The Morgan fingerprint density at radius 3 is 2.48 bits per heavy atom. The smallest absolute Gasteiger partial charge is 0.433 e. The number of amides is 2. The number of alkyl halides is 3. The zero-order chi connectivity index (χ0) is 19.4. The van der Waals surface area contributed by atoms with Crippen molar-refractivity contribution in [3.63, 3.8) is 0 Å². The van der Waals surface area contributed by atoms with E-state index in [1.165, 1.54) is 6.26 Å². The molecule has 1 fully saturated rings. The second kappa shape index (κ2) is 7.99. The second-order valence-corrected chi connectivity index (χ2v) is 6.60. The van der Waals surface area contributed by atoms with Crippen LogP contribution < -0.4 is 0 Å². The van der Waals surface area contributed by atoms with Crippen LogP contribution in [0.25, 0.3) is 0 Å². The number of thioether (sulfide) groups is 1. The van der Waals surface area contributed by atoms with Crippen LogP contribution in [-0.2, 0) is 11.0 Å². The van der Waals surface area contributed by atoms with E-state index in [2.05, 4.69) is 9.97 Å². The van der Waals surface area contributed by atoms with Crippen molar-refractivity contribution in [1.29, 1.82) is 0 Å². The number of aromatic nitrogens is 2. The second-order valence-electron chi connectivity index (χ2n) is 5.66. The number of carbonyl (C=O) groups excluding carboxylic acids is 2. The summed E-state index contributed by atoms with van der Waals surface area (Å²) in [7, 11) is 0. The topological polar surface area (TPSA) is 79.5 Å². The predicted molar refractivity (Wildman–Crippen MR) is 88.9 cm³/mol. The summed E-state index contributed by atoms with van der Waals surface area (Å²) < 4.78 is 43.0. The molecule has 0 radical (unpaired) electrons. The normalized spacial score (nSPS) is 15.1. The van der Waals surface area contributed by atoms with Gasteiger partial charge in [0.1, 0.15) is 5.69 Å². The molecule has 11 heteroatoms. The molecule has 1 aliphatic rings. The van der Waals surface area contributed by atoms with Gasteiger partial charge >= 0.3 is 6.18 Å². The highest BCUT2D eigenvalue weighted by atomic mass is 32.2. The lowest BCUT2D eigenvalue weighted by atomic mass is 10.3. The summed E-state index contributed by atoms with van der Waals surface area (Å²) >= 11 is 0.849. The summed E-state index contributed by atoms with van der Waals surface area (Å²) in [6.07, 6.45) is -2.12. The highest BCUT2D eigenvalue weighted by Gasteiger charge is 2.33. The van der Waals surface area contributed by atoms with Crippen LogP contribution in [0.1, 0.15) is 16.2 Å². The predicted octanol–water partition coefficient (Wildman–Crippen LogP) is 2.17. The van der Waals surface area contributed by atoms with Crippen molar-refractivity contribution in [1.82, 2.24) is 19.8 Å². The number of rotatable bonds is 4. The molecule has 0 N–H and O–H groups in total. The standard InChI is InChI=1S/C16H15F3N4O3S/c17-16(18,19)12-3-4-20-15(21-12)27-10-13(24)22-5-7-23(8-6-22)14(25)11-2-1-9-26-11/h1-4,9H,5-8,10H2. The first-order chi connectivity index (χ1) is 12.8. The fourth-order valence-corrected chi connectivity index (χ4v) is 3.23. The Balaban J connectivity index is 1.49. The third kappa shape index (κ3) is 4.79. The zero-order valence-corrected chi connectivity index (χ0v) is 14.8. The molecule has 1 saturated heterocycles. The van der Waals surface area contributed by atoms with Gasteiger partial charge in [0.15, 0.2) is 10.9 Å². The molecule has 0 unspecified atom stereocenters. The lowest BCUT2D eigenvalue weighted by Crippen LogP contribution is -2.51. The van der Waals surface area contributed by atoms with Crippen LogP contribution in [0.5, 0.6) is 0 Å². The maximum Gasteiger partial charge on any atom is 0.433 e. The molecular formula is C16H15F3N4O3S. The first kappa shape index (κ1) is 19.2. The van der Waals surface area contributed by atoms with Crippen molar-refractivity contribution in [2.75, 3.05) is 31.9 Å². The lowest BCUT2D eigenvalue weighted by molar-refractivity contribution is -0.141. The first-order valence-electron chi connectivity index (χ1n) is 7.98. The quantitative estimate of drug-likeness (QED) is 0.578. The Hall–Kier alpha value is -2.56. The number of hydrogen-bond donors (Lipinski definition) is 0. The molecule has 1 aliphatic heterocycles. The van der Waals surface area contributed by atoms with Gasteiger partial charge in [-0.15, -0.1) is 0 Å². The van der Waals surface area contributed by atoms with E-state index >= 15 is 0 Å². The summed E-state index contributed by atoms with van der Waals surface area (Å²) in [5, 5.41) is -0.107. The van der Waals surface area contributed by atoms with Crippen molar-refractivity contribution in [3.8, 4) is 0 Å². The molecule has 3 rings (SSSR count). The summed E-state index contributed by atoms with van der Waals surface area (Å²) in [6, 6.07) is 3.98. The molecule has 144 valence electrons. The van der Waals surface area contributed by atoms with E-state index in [1.54, 1.807) is 21.9 Å². The Bertz CT molecular complexity index is 805. The van der Waals surface area contributed by atoms with Crippen molar-refractivity contribution in [2.45, 2.75) is 11.3 Å². The maximum atomic E-state index is 12.6. The van der Waals surface area contributed by atoms with Gasteiger partial charge in [0, 0.05) is 32.4 Å². The number of nitrogens with zero attached hydrogens (tertiary/aromatic N) is 4. The molecule has 0 bridgehead atoms. The average Bonchev–Trinajstić information content (AvgIpc) is 3.20. The van der Waals surface area contributed by atoms with E-state index in [0.717, 1.165) is 24.0 Å². The number of halogens is 3. The Labute approximate surface area is 156 Å². The lowest BCUT2D eigenvalue weighted by Gasteiger charge is -2.34.